The van der Waals surface area contributed by atoms with Crippen molar-refractivity contribution >= 4 is 30.5 Å². The Labute approximate surface area is 443 Å². The fourth-order valence-electron chi connectivity index (χ4n) is 9.90. The van der Waals surface area contributed by atoms with Gasteiger partial charge in [0.05, 0.1) is 43.9 Å². The number of phosphoric ester groups is 1. The Hall–Kier alpha value is -5.17. The first-order chi connectivity index (χ1) is 36.8. The summed E-state index contributed by atoms with van der Waals surface area (Å²) < 4.78 is 60.0. The predicted molar refractivity (Wildman–Crippen MR) is 279 cm³/mol. The maximum Gasteiger partial charge on any atom is 0.475 e. The highest BCUT2D eigenvalue weighted by molar-refractivity contribution is 7.48. The number of hydrogen-bond donors (Lipinski definition) is 6. The van der Waals surface area contributed by atoms with Gasteiger partial charge in [0, 0.05) is 6.61 Å². The Morgan fingerprint density at radius 3 is 1.55 bits per heavy atom. The fourth-order valence-corrected chi connectivity index (χ4v) is 11.1. The predicted octanol–water partition coefficient (Wildman–Crippen LogP) is 6.90. The normalized spacial score (nSPS) is 24.5. The van der Waals surface area contributed by atoms with Crippen molar-refractivity contribution < 1.29 is 57.5 Å². The maximum atomic E-state index is 15.0. The van der Waals surface area contributed by atoms with Gasteiger partial charge in [-0.3, -0.25) is 13.6 Å². The van der Waals surface area contributed by atoms with Crippen molar-refractivity contribution in [3.8, 4) is 12.1 Å². The van der Waals surface area contributed by atoms with Crippen LogP contribution in [0.5, 0.6) is 0 Å². The van der Waals surface area contributed by atoms with E-state index in [0.717, 1.165) is 37.5 Å². The highest BCUT2D eigenvalue weighted by atomic mass is 31.2. The van der Waals surface area contributed by atoms with Gasteiger partial charge in [-0.05, 0) is 43.2 Å². The van der Waals surface area contributed by atoms with Crippen LogP contribution in [0.4, 0.5) is 11.6 Å². The first-order valence-corrected chi connectivity index (χ1v) is 28.2. The number of nitrogen functional groups attached to an aromatic ring is 2. The Bertz CT molecular complexity index is 2590. The van der Waals surface area contributed by atoms with Crippen LogP contribution in [0.1, 0.15) is 140 Å². The molecular formula is C53H75N10O12P. The summed E-state index contributed by atoms with van der Waals surface area (Å²) in [4.78, 5) is 7.92. The van der Waals surface area contributed by atoms with Crippen molar-refractivity contribution in [3.63, 3.8) is 0 Å². The lowest BCUT2D eigenvalue weighted by Crippen LogP contribution is -2.41. The first kappa shape index (κ1) is 58.5. The standard InChI is InChI=1S/C53H75N10O12P/c1-3-4-5-6-7-8-9-10-11-12-13-14-15-16-17-21-28-69-29-39(73-37(2)38-22-19-18-20-23-38)30-70-76(68,71-31-42-46(64)48(66)52(33-54,74-42)44-26-24-40-50(56)58-35-60-62(40)44)72-32-43-47(65)49(67)53(34-55,75-43)45-27-25-41-51(57)59-36-61-63(41)45/h18-20,22-27,35-37,39,42-43,46-49,64-67H,3-17,21,28-32H2,1-2H3,(H2,56,58,60)(H2,57,59,61)/t37-,39-,42-,43-,46-,47-,48-,49-,52+,53+/m1/s1. The van der Waals surface area contributed by atoms with E-state index < -0.39 is 87.7 Å². The third kappa shape index (κ3) is 13.9. The zero-order valence-corrected chi connectivity index (χ0v) is 44.4. The molecular weight excluding hydrogens is 1000 g/mol. The van der Waals surface area contributed by atoms with Gasteiger partial charge >= 0.3 is 7.82 Å². The molecule has 0 bridgehead atoms. The Balaban J connectivity index is 1.01. The number of unbranched alkanes of at least 4 members (excludes halogenated alkanes) is 15. The van der Waals surface area contributed by atoms with Gasteiger partial charge in [-0.25, -0.2) is 23.6 Å². The molecule has 7 rings (SSSR count). The van der Waals surface area contributed by atoms with Crippen molar-refractivity contribution in [2.24, 2.45) is 0 Å². The van der Waals surface area contributed by atoms with Crippen LogP contribution in [-0.2, 0) is 48.3 Å². The summed E-state index contributed by atoms with van der Waals surface area (Å²) in [5.41, 5.74) is 9.13. The largest absolute Gasteiger partial charge is 0.475 e. The number of nitrogens with two attached hydrogens (primary N) is 2. The van der Waals surface area contributed by atoms with E-state index in [9.17, 15) is 35.5 Å². The van der Waals surface area contributed by atoms with E-state index in [-0.39, 0.29) is 29.6 Å². The Morgan fingerprint density at radius 1 is 0.658 bits per heavy atom. The number of nitrogens with zero attached hydrogens (tertiary/aromatic N) is 8. The van der Waals surface area contributed by atoms with Crippen LogP contribution in [-0.4, -0.2) is 125 Å². The molecule has 4 aromatic heterocycles. The molecule has 0 spiro atoms. The molecule has 5 aromatic rings. The van der Waals surface area contributed by atoms with Crippen LogP contribution in [0.3, 0.4) is 0 Å². The van der Waals surface area contributed by atoms with Crippen LogP contribution in [0.15, 0.2) is 67.3 Å². The van der Waals surface area contributed by atoms with Gasteiger partial charge in [-0.1, -0.05) is 134 Å². The summed E-state index contributed by atoms with van der Waals surface area (Å²) in [6.45, 7) is 2.57. The summed E-state index contributed by atoms with van der Waals surface area (Å²) in [6.07, 6.45) is 10.5. The number of benzene rings is 1. The second-order valence-electron chi connectivity index (χ2n) is 19.7. The molecule has 6 heterocycles. The highest BCUT2D eigenvalue weighted by Crippen LogP contribution is 2.52. The molecule has 0 amide bonds. The number of phosphoric acid groups is 1. The van der Waals surface area contributed by atoms with Gasteiger partial charge in [0.2, 0.25) is 11.2 Å². The molecule has 1 aromatic carbocycles. The molecule has 2 aliphatic rings. The van der Waals surface area contributed by atoms with Gasteiger partial charge in [-0.2, -0.15) is 20.7 Å². The number of fused-ring (bicyclic) bond motifs is 2. The van der Waals surface area contributed by atoms with Crippen LogP contribution >= 0.6 is 7.82 Å². The summed E-state index contributed by atoms with van der Waals surface area (Å²) >= 11 is 0. The van der Waals surface area contributed by atoms with E-state index in [1.165, 1.54) is 117 Å². The molecule has 0 unspecified atom stereocenters. The molecule has 23 heteroatoms. The number of aliphatic hydroxyl groups is 4. The van der Waals surface area contributed by atoms with E-state index in [4.69, 9.17) is 44.0 Å². The van der Waals surface area contributed by atoms with E-state index >= 15 is 0 Å². The zero-order chi connectivity index (χ0) is 54.1. The maximum absolute atomic E-state index is 15.0. The number of hydrogen-bond acceptors (Lipinski definition) is 20. The molecule has 8 N–H and O–H groups in total. The second kappa shape index (κ2) is 27.9. The van der Waals surface area contributed by atoms with E-state index in [0.29, 0.717) is 17.6 Å². The van der Waals surface area contributed by atoms with Gasteiger partial charge in [0.1, 0.15) is 78.6 Å². The van der Waals surface area contributed by atoms with Crippen molar-refractivity contribution in [2.45, 2.75) is 177 Å². The quantitative estimate of drug-likeness (QED) is 0.0184. The van der Waals surface area contributed by atoms with Crippen LogP contribution in [0.25, 0.3) is 11.0 Å². The number of ether oxygens (including phenoxy) is 4. The van der Waals surface area contributed by atoms with Gasteiger partial charge in [-0.15, -0.1) is 0 Å². The van der Waals surface area contributed by atoms with Gasteiger partial charge in [0.25, 0.3) is 0 Å². The van der Waals surface area contributed by atoms with Crippen molar-refractivity contribution in [1.82, 2.24) is 29.2 Å². The van der Waals surface area contributed by atoms with E-state index in [1.807, 2.05) is 49.4 Å². The average molecular weight is 1080 g/mol. The zero-order valence-electron chi connectivity index (χ0n) is 43.6. The number of aliphatic hydroxyl groups excluding tert-OH is 4. The molecule has 10 atom stereocenters. The molecule has 2 aliphatic heterocycles. The lowest BCUT2D eigenvalue weighted by molar-refractivity contribution is -0.0874. The minimum Gasteiger partial charge on any atom is -0.387 e. The number of nitriles is 2. The molecule has 414 valence electrons. The summed E-state index contributed by atoms with van der Waals surface area (Å²) in [5, 5.41) is 75.0. The fraction of sp³-hybridized carbons (Fsp3) is 0.623. The summed E-state index contributed by atoms with van der Waals surface area (Å²) in [6, 6.07) is 19.3. The third-order valence-electron chi connectivity index (χ3n) is 14.3. The molecule has 0 saturated carbocycles. The highest BCUT2D eigenvalue weighted by Gasteiger charge is 2.59. The molecule has 0 aliphatic carbocycles. The summed E-state index contributed by atoms with van der Waals surface area (Å²) in [5.74, 6) is 0.167. The topological polar surface area (TPSA) is 323 Å². The Kier molecular flexibility index (Phi) is 21.5. The second-order valence-corrected chi connectivity index (χ2v) is 21.4. The molecule has 0 radical (unpaired) electrons. The van der Waals surface area contributed by atoms with Gasteiger partial charge in [0.15, 0.2) is 11.6 Å². The third-order valence-corrected chi connectivity index (χ3v) is 15.7. The Morgan fingerprint density at radius 2 is 1.11 bits per heavy atom. The SMILES string of the molecule is CCCCCCCCCCCCCCCCCCOC[C@H](COP(=O)(OC[C@H]1O[C@@](C#N)(c2ccc3c(N)ncnn23)[C@H](O)[C@@H]1O)OC[C@H]1O[C@@](C#N)(c2ccc3c(N)ncnn23)[C@H](O)[C@@H]1O)O[C@H](C)c1ccccc1. The number of rotatable bonds is 33. The minimum atomic E-state index is -4.91. The smallest absolute Gasteiger partial charge is 0.387 e. The molecule has 22 nitrogen and oxygen atoms in total. The lowest BCUT2D eigenvalue weighted by atomic mass is 9.92. The molecule has 2 saturated heterocycles. The van der Waals surface area contributed by atoms with Crippen LogP contribution in [0, 0.1) is 22.7 Å². The summed E-state index contributed by atoms with van der Waals surface area (Å²) in [7, 11) is -4.91. The minimum absolute atomic E-state index is 0.0211. The van der Waals surface area contributed by atoms with Gasteiger partial charge < -0.3 is 50.8 Å². The van der Waals surface area contributed by atoms with Crippen molar-refractivity contribution in [3.05, 3.63) is 84.2 Å². The number of anilines is 2. The lowest BCUT2D eigenvalue weighted by Gasteiger charge is -2.27. The van der Waals surface area contributed by atoms with Crippen LogP contribution < -0.4 is 11.5 Å². The van der Waals surface area contributed by atoms with Crippen molar-refractivity contribution in [1.29, 1.82) is 10.5 Å². The first-order valence-electron chi connectivity index (χ1n) is 26.7. The molecule has 76 heavy (non-hydrogen) atoms. The number of aromatic nitrogens is 6. The van der Waals surface area contributed by atoms with E-state index in [1.54, 1.807) is 0 Å². The monoisotopic (exact) mass is 1070 g/mol. The van der Waals surface area contributed by atoms with E-state index in [2.05, 4.69) is 27.1 Å². The van der Waals surface area contributed by atoms with Crippen molar-refractivity contribution in [2.75, 3.05) is 44.5 Å². The van der Waals surface area contributed by atoms with Crippen LogP contribution in [0.2, 0.25) is 0 Å². The molecule has 2 fully saturated rings. The average Bonchev–Trinajstić information content (AvgIpc) is 4.20.